The molecule has 0 spiro atoms. The van der Waals surface area contributed by atoms with Crippen molar-refractivity contribution in [2.24, 2.45) is 0 Å². The number of thioether (sulfide) groups is 1. The molecular formula is C18H25N3O2S. The van der Waals surface area contributed by atoms with Gasteiger partial charge in [0.2, 0.25) is 0 Å². The fraction of sp³-hybridized carbons (Fsp3) is 0.444. The molecule has 0 saturated heterocycles. The molecule has 0 aliphatic rings. The van der Waals surface area contributed by atoms with Crippen LogP contribution in [0.3, 0.4) is 0 Å². The first-order chi connectivity index (χ1) is 11.5. The maximum atomic E-state index is 12.5. The van der Waals surface area contributed by atoms with Crippen molar-refractivity contribution in [3.63, 3.8) is 0 Å². The molecule has 0 radical (unpaired) electrons. The first-order valence-corrected chi connectivity index (χ1v) is 9.16. The van der Waals surface area contributed by atoms with Crippen LogP contribution in [-0.4, -0.2) is 30.2 Å². The summed E-state index contributed by atoms with van der Waals surface area (Å²) in [6, 6.07) is 7.94. The zero-order valence-electron chi connectivity index (χ0n) is 14.7. The predicted molar refractivity (Wildman–Crippen MR) is 97.5 cm³/mol. The van der Waals surface area contributed by atoms with Crippen LogP contribution in [0.25, 0.3) is 0 Å². The molecule has 24 heavy (non-hydrogen) atoms. The van der Waals surface area contributed by atoms with Crippen LogP contribution in [0.4, 0.5) is 0 Å². The van der Waals surface area contributed by atoms with Crippen molar-refractivity contribution in [2.45, 2.75) is 44.4 Å². The highest BCUT2D eigenvalue weighted by molar-refractivity contribution is 7.98. The second kappa shape index (κ2) is 8.89. The highest BCUT2D eigenvalue weighted by Crippen LogP contribution is 2.28. The normalized spacial score (nSPS) is 12.2. The molecule has 1 amide bonds. The van der Waals surface area contributed by atoms with Crippen molar-refractivity contribution in [3.05, 3.63) is 46.8 Å². The number of aryl methyl sites for hydroxylation is 2. The van der Waals surface area contributed by atoms with Crippen molar-refractivity contribution in [1.82, 2.24) is 15.8 Å². The molecule has 1 aromatic carbocycles. The van der Waals surface area contributed by atoms with E-state index in [2.05, 4.69) is 29.6 Å². The molecule has 1 atom stereocenters. The average molecular weight is 347 g/mol. The third-order valence-corrected chi connectivity index (χ3v) is 4.91. The third kappa shape index (κ3) is 4.85. The number of nitrogens with zero attached hydrogens (tertiary/aromatic N) is 1. The van der Waals surface area contributed by atoms with Crippen LogP contribution in [0.2, 0.25) is 0 Å². The second-order valence-corrected chi connectivity index (χ2v) is 6.77. The molecule has 5 nitrogen and oxygen atoms in total. The molecule has 0 fully saturated rings. The largest absolute Gasteiger partial charge is 0.361 e. The Kier molecular flexibility index (Phi) is 6.87. The van der Waals surface area contributed by atoms with Crippen molar-refractivity contribution in [3.8, 4) is 0 Å². The van der Waals surface area contributed by atoms with Crippen molar-refractivity contribution >= 4 is 17.7 Å². The van der Waals surface area contributed by atoms with E-state index in [1.54, 1.807) is 11.8 Å². The van der Waals surface area contributed by atoms with Crippen LogP contribution in [0.5, 0.6) is 0 Å². The van der Waals surface area contributed by atoms with E-state index in [1.165, 1.54) is 0 Å². The van der Waals surface area contributed by atoms with Crippen LogP contribution < -0.4 is 10.6 Å². The lowest BCUT2D eigenvalue weighted by molar-refractivity contribution is 0.0947. The lowest BCUT2D eigenvalue weighted by Crippen LogP contribution is -2.38. The Morgan fingerprint density at radius 3 is 2.75 bits per heavy atom. The lowest BCUT2D eigenvalue weighted by atomic mass is 10.2. The van der Waals surface area contributed by atoms with Gasteiger partial charge in [0, 0.05) is 28.8 Å². The Labute approximate surface area is 147 Å². The number of hydrogen-bond acceptors (Lipinski definition) is 5. The Morgan fingerprint density at radius 1 is 1.33 bits per heavy atom. The number of likely N-dealkylation sites (N-methyl/N-ethyl adjacent to an activating group) is 1. The molecule has 6 heteroatoms. The SMILES string of the molecule is CCN[C@H](C)CNC(=O)c1ccccc1SCc1c(C)noc1C. The van der Waals surface area contributed by atoms with Gasteiger partial charge in [0.1, 0.15) is 5.76 Å². The van der Waals surface area contributed by atoms with E-state index >= 15 is 0 Å². The quantitative estimate of drug-likeness (QED) is 0.717. The number of carbonyl (C=O) groups excluding carboxylic acids is 1. The topological polar surface area (TPSA) is 67.2 Å². The van der Waals surface area contributed by atoms with Gasteiger partial charge >= 0.3 is 0 Å². The minimum Gasteiger partial charge on any atom is -0.361 e. The molecule has 0 unspecified atom stereocenters. The van der Waals surface area contributed by atoms with E-state index in [1.807, 2.05) is 38.1 Å². The number of nitrogens with one attached hydrogen (secondary N) is 2. The van der Waals surface area contributed by atoms with Gasteiger partial charge in [-0.2, -0.15) is 0 Å². The molecular weight excluding hydrogens is 322 g/mol. The van der Waals surface area contributed by atoms with Crippen LogP contribution in [0.1, 0.15) is 41.2 Å². The van der Waals surface area contributed by atoms with Gasteiger partial charge in [-0.25, -0.2) is 0 Å². The van der Waals surface area contributed by atoms with Gasteiger partial charge in [-0.05, 0) is 39.4 Å². The Balaban J connectivity index is 2.03. The van der Waals surface area contributed by atoms with Gasteiger partial charge in [-0.1, -0.05) is 24.2 Å². The number of hydrogen-bond donors (Lipinski definition) is 2. The Hall–Kier alpha value is -1.79. The van der Waals surface area contributed by atoms with Crippen LogP contribution in [0.15, 0.2) is 33.7 Å². The molecule has 2 rings (SSSR count). The Morgan fingerprint density at radius 2 is 2.08 bits per heavy atom. The van der Waals surface area contributed by atoms with Gasteiger partial charge in [-0.15, -0.1) is 11.8 Å². The smallest absolute Gasteiger partial charge is 0.252 e. The van der Waals surface area contributed by atoms with E-state index in [0.29, 0.717) is 12.1 Å². The average Bonchev–Trinajstić information content (AvgIpc) is 2.89. The molecule has 0 saturated carbocycles. The lowest BCUT2D eigenvalue weighted by Gasteiger charge is -2.14. The summed E-state index contributed by atoms with van der Waals surface area (Å²) >= 11 is 1.63. The zero-order valence-corrected chi connectivity index (χ0v) is 15.5. The second-order valence-electron chi connectivity index (χ2n) is 5.76. The summed E-state index contributed by atoms with van der Waals surface area (Å²) in [4.78, 5) is 13.5. The van der Waals surface area contributed by atoms with Crippen LogP contribution >= 0.6 is 11.8 Å². The van der Waals surface area contributed by atoms with Gasteiger partial charge in [0.25, 0.3) is 5.91 Å². The Bertz CT molecular complexity index is 665. The molecule has 1 aromatic heterocycles. The van der Waals surface area contributed by atoms with E-state index in [-0.39, 0.29) is 11.9 Å². The summed E-state index contributed by atoms with van der Waals surface area (Å²) in [5, 5.41) is 10.3. The summed E-state index contributed by atoms with van der Waals surface area (Å²) < 4.78 is 5.20. The van der Waals surface area contributed by atoms with Crippen LogP contribution in [-0.2, 0) is 5.75 Å². The molecule has 2 aromatic rings. The van der Waals surface area contributed by atoms with E-state index < -0.39 is 0 Å². The number of amides is 1. The summed E-state index contributed by atoms with van der Waals surface area (Å²) in [5.74, 6) is 1.53. The molecule has 130 valence electrons. The summed E-state index contributed by atoms with van der Waals surface area (Å²) in [6.45, 7) is 9.46. The number of rotatable bonds is 8. The summed E-state index contributed by atoms with van der Waals surface area (Å²) in [7, 11) is 0. The molecule has 2 N–H and O–H groups in total. The van der Waals surface area contributed by atoms with E-state index in [4.69, 9.17) is 4.52 Å². The fourth-order valence-electron chi connectivity index (χ4n) is 2.40. The van der Waals surface area contributed by atoms with Crippen molar-refractivity contribution < 1.29 is 9.32 Å². The maximum Gasteiger partial charge on any atom is 0.252 e. The van der Waals surface area contributed by atoms with Gasteiger partial charge in [-0.3, -0.25) is 4.79 Å². The molecule has 0 aliphatic carbocycles. The molecule has 0 bridgehead atoms. The van der Waals surface area contributed by atoms with Crippen LogP contribution in [0, 0.1) is 13.8 Å². The maximum absolute atomic E-state index is 12.5. The molecule has 1 heterocycles. The van der Waals surface area contributed by atoms with E-state index in [0.717, 1.165) is 34.2 Å². The zero-order chi connectivity index (χ0) is 17.5. The minimum absolute atomic E-state index is 0.0402. The predicted octanol–water partition coefficient (Wildman–Crippen LogP) is 3.31. The number of benzene rings is 1. The summed E-state index contributed by atoms with van der Waals surface area (Å²) in [5.41, 5.74) is 2.70. The summed E-state index contributed by atoms with van der Waals surface area (Å²) in [6.07, 6.45) is 0. The van der Waals surface area contributed by atoms with Gasteiger partial charge in [0.05, 0.1) is 11.3 Å². The number of aromatic nitrogens is 1. The van der Waals surface area contributed by atoms with Gasteiger partial charge in [0.15, 0.2) is 0 Å². The number of carbonyl (C=O) groups is 1. The van der Waals surface area contributed by atoms with Crippen molar-refractivity contribution in [1.29, 1.82) is 0 Å². The first-order valence-electron chi connectivity index (χ1n) is 8.18. The first kappa shape index (κ1) is 18.5. The fourth-order valence-corrected chi connectivity index (χ4v) is 3.60. The monoisotopic (exact) mass is 347 g/mol. The van der Waals surface area contributed by atoms with Gasteiger partial charge < -0.3 is 15.2 Å². The third-order valence-electron chi connectivity index (χ3n) is 3.81. The van der Waals surface area contributed by atoms with E-state index in [9.17, 15) is 4.79 Å². The molecule has 0 aliphatic heterocycles. The van der Waals surface area contributed by atoms with Crippen molar-refractivity contribution in [2.75, 3.05) is 13.1 Å². The highest BCUT2D eigenvalue weighted by atomic mass is 32.2. The minimum atomic E-state index is -0.0402. The standard InChI is InChI=1S/C18H25N3O2S/c1-5-19-12(2)10-20-18(22)15-8-6-7-9-17(15)24-11-16-13(3)21-23-14(16)4/h6-9,12,19H,5,10-11H2,1-4H3,(H,20,22)/t12-/m1/s1. The highest BCUT2D eigenvalue weighted by Gasteiger charge is 2.14.